The first-order chi connectivity index (χ1) is 9.58. The van der Waals surface area contributed by atoms with Crippen molar-refractivity contribution in [3.63, 3.8) is 0 Å². The largest absolute Gasteiger partial charge is 0.324 e. The highest BCUT2D eigenvalue weighted by Gasteiger charge is 2.16. The van der Waals surface area contributed by atoms with E-state index in [0.29, 0.717) is 6.54 Å². The quantitative estimate of drug-likeness (QED) is 0.876. The van der Waals surface area contributed by atoms with Crippen LogP contribution in [0.25, 0.3) is 0 Å². The summed E-state index contributed by atoms with van der Waals surface area (Å²) in [6, 6.07) is 12.0. The number of likely N-dealkylation sites (N-methyl/N-ethyl adjacent to an activating group) is 1. The molecule has 3 nitrogen and oxygen atoms in total. The van der Waals surface area contributed by atoms with Crippen LogP contribution in [-0.2, 0) is 4.79 Å². The zero-order valence-electron chi connectivity index (χ0n) is 11.5. The van der Waals surface area contributed by atoms with E-state index in [1.54, 1.807) is 11.3 Å². The van der Waals surface area contributed by atoms with Gasteiger partial charge in [0.1, 0.15) is 0 Å². The maximum absolute atomic E-state index is 12.1. The molecule has 0 aliphatic rings. The fourth-order valence-corrected chi connectivity index (χ4v) is 3.09. The third-order valence-electron chi connectivity index (χ3n) is 3.16. The SMILES string of the molecule is C[C@@H](c1cccs1)N(C)CC(=O)Nc1ccccc1Br. The van der Waals surface area contributed by atoms with Gasteiger partial charge in [0, 0.05) is 15.4 Å². The standard InChI is InChI=1S/C15H17BrN2OS/c1-11(14-8-5-9-20-14)18(2)10-15(19)17-13-7-4-3-6-12(13)16/h3-9,11H,10H2,1-2H3,(H,17,19)/t11-/m0/s1. The maximum Gasteiger partial charge on any atom is 0.238 e. The first-order valence-corrected chi connectivity index (χ1v) is 8.03. The number of nitrogens with one attached hydrogen (secondary N) is 1. The number of halogens is 1. The lowest BCUT2D eigenvalue weighted by Crippen LogP contribution is -2.32. The molecule has 0 radical (unpaired) electrons. The zero-order valence-corrected chi connectivity index (χ0v) is 13.9. The zero-order chi connectivity index (χ0) is 14.5. The third kappa shape index (κ3) is 3.91. The lowest BCUT2D eigenvalue weighted by Gasteiger charge is -2.23. The molecular formula is C15H17BrN2OS. The van der Waals surface area contributed by atoms with Gasteiger partial charge >= 0.3 is 0 Å². The van der Waals surface area contributed by atoms with Gasteiger partial charge in [0.25, 0.3) is 0 Å². The molecule has 0 spiro atoms. The number of rotatable bonds is 5. The van der Waals surface area contributed by atoms with Gasteiger partial charge < -0.3 is 5.32 Å². The van der Waals surface area contributed by atoms with Crippen molar-refractivity contribution in [1.29, 1.82) is 0 Å². The Hall–Kier alpha value is -1.17. The van der Waals surface area contributed by atoms with Crippen LogP contribution in [0.5, 0.6) is 0 Å². The van der Waals surface area contributed by atoms with Crippen molar-refractivity contribution >= 4 is 38.9 Å². The summed E-state index contributed by atoms with van der Waals surface area (Å²) >= 11 is 5.14. The van der Waals surface area contributed by atoms with Gasteiger partial charge in [0.2, 0.25) is 5.91 Å². The molecule has 0 bridgehead atoms. The number of para-hydroxylation sites is 1. The van der Waals surface area contributed by atoms with Gasteiger partial charge in [-0.2, -0.15) is 0 Å². The fourth-order valence-electron chi connectivity index (χ4n) is 1.86. The summed E-state index contributed by atoms with van der Waals surface area (Å²) in [5.41, 5.74) is 0.801. The Bertz CT molecular complexity index is 571. The summed E-state index contributed by atoms with van der Waals surface area (Å²) in [6.07, 6.45) is 0. The molecule has 0 unspecified atom stereocenters. The summed E-state index contributed by atoms with van der Waals surface area (Å²) in [4.78, 5) is 15.4. The molecule has 1 aromatic heterocycles. The second-order valence-electron chi connectivity index (χ2n) is 4.63. The highest BCUT2D eigenvalue weighted by atomic mass is 79.9. The Morgan fingerprint density at radius 3 is 2.75 bits per heavy atom. The normalized spacial score (nSPS) is 12.4. The molecule has 1 amide bonds. The third-order valence-corrected chi connectivity index (χ3v) is 4.89. The van der Waals surface area contributed by atoms with E-state index < -0.39 is 0 Å². The smallest absolute Gasteiger partial charge is 0.238 e. The Labute approximate surface area is 131 Å². The molecule has 2 aromatic rings. The minimum atomic E-state index is -0.0113. The van der Waals surface area contributed by atoms with Crippen LogP contribution in [0.15, 0.2) is 46.3 Å². The molecule has 20 heavy (non-hydrogen) atoms. The predicted molar refractivity (Wildman–Crippen MR) is 88.1 cm³/mol. The van der Waals surface area contributed by atoms with Crippen molar-refractivity contribution < 1.29 is 4.79 Å². The van der Waals surface area contributed by atoms with Gasteiger partial charge in [-0.05, 0) is 53.5 Å². The van der Waals surface area contributed by atoms with Crippen LogP contribution in [-0.4, -0.2) is 24.4 Å². The van der Waals surface area contributed by atoms with E-state index >= 15 is 0 Å². The number of hydrogen-bond acceptors (Lipinski definition) is 3. The number of anilines is 1. The second-order valence-corrected chi connectivity index (χ2v) is 6.47. The minimum absolute atomic E-state index is 0.0113. The van der Waals surface area contributed by atoms with E-state index in [1.807, 2.05) is 42.3 Å². The molecule has 0 aliphatic carbocycles. The maximum atomic E-state index is 12.1. The minimum Gasteiger partial charge on any atom is -0.324 e. The van der Waals surface area contributed by atoms with E-state index in [-0.39, 0.29) is 11.9 Å². The lowest BCUT2D eigenvalue weighted by atomic mass is 10.2. The van der Waals surface area contributed by atoms with Gasteiger partial charge in [-0.25, -0.2) is 0 Å². The first-order valence-electron chi connectivity index (χ1n) is 6.36. The molecular weight excluding hydrogens is 336 g/mol. The summed E-state index contributed by atoms with van der Waals surface area (Å²) in [5, 5.41) is 4.97. The number of thiophene rings is 1. The van der Waals surface area contributed by atoms with E-state index in [4.69, 9.17) is 0 Å². The van der Waals surface area contributed by atoms with E-state index in [0.717, 1.165) is 10.2 Å². The van der Waals surface area contributed by atoms with Crippen LogP contribution in [0.2, 0.25) is 0 Å². The molecule has 0 saturated heterocycles. The summed E-state index contributed by atoms with van der Waals surface area (Å²) < 4.78 is 0.891. The summed E-state index contributed by atoms with van der Waals surface area (Å²) in [6.45, 7) is 2.47. The fraction of sp³-hybridized carbons (Fsp3) is 0.267. The topological polar surface area (TPSA) is 32.3 Å². The van der Waals surface area contributed by atoms with Crippen LogP contribution < -0.4 is 5.32 Å². The van der Waals surface area contributed by atoms with Gasteiger partial charge in [-0.15, -0.1) is 11.3 Å². The van der Waals surface area contributed by atoms with Crippen LogP contribution in [0.1, 0.15) is 17.8 Å². The molecule has 5 heteroatoms. The monoisotopic (exact) mass is 352 g/mol. The van der Waals surface area contributed by atoms with Gasteiger partial charge in [-0.3, -0.25) is 9.69 Å². The van der Waals surface area contributed by atoms with Crippen molar-refractivity contribution in [2.45, 2.75) is 13.0 Å². The first kappa shape index (κ1) is 15.2. The number of carbonyl (C=O) groups is 1. The number of amides is 1. The summed E-state index contributed by atoms with van der Waals surface area (Å²) in [7, 11) is 1.96. The number of benzene rings is 1. The number of hydrogen-bond donors (Lipinski definition) is 1. The lowest BCUT2D eigenvalue weighted by molar-refractivity contribution is -0.117. The van der Waals surface area contributed by atoms with Gasteiger partial charge in [-0.1, -0.05) is 18.2 Å². The molecule has 0 aliphatic heterocycles. The van der Waals surface area contributed by atoms with Crippen molar-refractivity contribution in [3.8, 4) is 0 Å². The van der Waals surface area contributed by atoms with Gasteiger partial charge in [0.05, 0.1) is 12.2 Å². The van der Waals surface area contributed by atoms with E-state index in [1.165, 1.54) is 4.88 Å². The number of carbonyl (C=O) groups excluding carboxylic acids is 1. The Balaban J connectivity index is 1.93. The molecule has 1 aromatic carbocycles. The molecule has 2 rings (SSSR count). The highest BCUT2D eigenvalue weighted by Crippen LogP contribution is 2.24. The van der Waals surface area contributed by atoms with Gasteiger partial charge in [0.15, 0.2) is 0 Å². The molecule has 1 heterocycles. The second kappa shape index (κ2) is 7.02. The van der Waals surface area contributed by atoms with Crippen molar-refractivity contribution in [1.82, 2.24) is 4.90 Å². The molecule has 0 fully saturated rings. The van der Waals surface area contributed by atoms with Crippen LogP contribution in [0.4, 0.5) is 5.69 Å². The van der Waals surface area contributed by atoms with Crippen LogP contribution >= 0.6 is 27.3 Å². The Morgan fingerprint density at radius 1 is 1.35 bits per heavy atom. The average Bonchev–Trinajstić information content (AvgIpc) is 2.94. The van der Waals surface area contributed by atoms with E-state index in [2.05, 4.69) is 39.6 Å². The van der Waals surface area contributed by atoms with Crippen LogP contribution in [0, 0.1) is 0 Å². The predicted octanol–water partition coefficient (Wildman–Crippen LogP) is 4.14. The Morgan fingerprint density at radius 2 is 2.10 bits per heavy atom. The van der Waals surface area contributed by atoms with Crippen LogP contribution in [0.3, 0.4) is 0 Å². The number of nitrogens with zero attached hydrogens (tertiary/aromatic N) is 1. The van der Waals surface area contributed by atoms with Crippen molar-refractivity contribution in [2.24, 2.45) is 0 Å². The summed E-state index contributed by atoms with van der Waals surface area (Å²) in [5.74, 6) is -0.0113. The van der Waals surface area contributed by atoms with Crippen molar-refractivity contribution in [2.75, 3.05) is 18.9 Å². The van der Waals surface area contributed by atoms with E-state index in [9.17, 15) is 4.79 Å². The molecule has 1 atom stereocenters. The highest BCUT2D eigenvalue weighted by molar-refractivity contribution is 9.10. The molecule has 1 N–H and O–H groups in total. The molecule has 106 valence electrons. The average molecular weight is 353 g/mol. The molecule has 0 saturated carbocycles. The Kier molecular flexibility index (Phi) is 5.34. The van der Waals surface area contributed by atoms with Crippen molar-refractivity contribution in [3.05, 3.63) is 51.1 Å².